The van der Waals surface area contributed by atoms with E-state index in [1.807, 2.05) is 17.6 Å². The number of barbiturate groups is 1. The first-order valence-electron chi connectivity index (χ1n) is 8.70. The van der Waals surface area contributed by atoms with E-state index >= 15 is 0 Å². The Kier molecular flexibility index (Phi) is 6.84. The van der Waals surface area contributed by atoms with E-state index in [1.54, 1.807) is 18.2 Å². The second-order valence-corrected chi connectivity index (χ2v) is 7.63. The van der Waals surface area contributed by atoms with Crippen LogP contribution >= 0.6 is 34.8 Å². The molecule has 0 bridgehead atoms. The molecule has 0 aromatic heterocycles. The van der Waals surface area contributed by atoms with Crippen molar-refractivity contribution in [2.24, 2.45) is 0 Å². The number of imide groups is 2. The third kappa shape index (κ3) is 5.55. The lowest BCUT2D eigenvalue weighted by atomic mass is 10.1. The maximum atomic E-state index is 12.1. The molecule has 1 aliphatic heterocycles. The van der Waals surface area contributed by atoms with Crippen molar-refractivity contribution >= 4 is 70.3 Å². The summed E-state index contributed by atoms with van der Waals surface area (Å²) >= 11 is 18.4. The zero-order valence-electron chi connectivity index (χ0n) is 15.8. The number of carbonyl (C=O) groups is 4. The number of halogens is 3. The molecule has 0 spiro atoms. The Morgan fingerprint density at radius 1 is 1.00 bits per heavy atom. The van der Waals surface area contributed by atoms with Gasteiger partial charge in [-0.1, -0.05) is 40.9 Å². The molecule has 31 heavy (non-hydrogen) atoms. The molecule has 0 radical (unpaired) electrons. The van der Waals surface area contributed by atoms with Gasteiger partial charge in [-0.25, -0.2) is 4.79 Å². The normalized spacial score (nSPS) is 13.4. The van der Waals surface area contributed by atoms with E-state index in [1.165, 1.54) is 18.2 Å². The third-order valence-electron chi connectivity index (χ3n) is 4.08. The maximum Gasteiger partial charge on any atom is 0.328 e. The number of carbonyl (C=O) groups excluding carboxylic acids is 4. The van der Waals surface area contributed by atoms with Crippen LogP contribution in [0.1, 0.15) is 11.1 Å². The van der Waals surface area contributed by atoms with Gasteiger partial charge in [-0.2, -0.15) is 0 Å². The highest BCUT2D eigenvalue weighted by Gasteiger charge is 2.27. The van der Waals surface area contributed by atoms with Gasteiger partial charge < -0.3 is 10.1 Å². The van der Waals surface area contributed by atoms with Crippen molar-refractivity contribution in [1.82, 2.24) is 10.6 Å². The van der Waals surface area contributed by atoms with Gasteiger partial charge in [0.25, 0.3) is 17.7 Å². The van der Waals surface area contributed by atoms with Crippen LogP contribution in [0.25, 0.3) is 6.08 Å². The number of anilines is 1. The summed E-state index contributed by atoms with van der Waals surface area (Å²) in [5, 5.41) is 7.18. The smallest absolute Gasteiger partial charge is 0.328 e. The minimum atomic E-state index is -0.904. The zero-order chi connectivity index (χ0) is 22.7. The predicted octanol–water partition coefficient (Wildman–Crippen LogP) is 3.72. The number of hydrogen-bond acceptors (Lipinski definition) is 5. The molecule has 1 aliphatic rings. The highest BCUT2D eigenvalue weighted by molar-refractivity contribution is 6.37. The lowest BCUT2D eigenvalue weighted by Crippen LogP contribution is -2.51. The van der Waals surface area contributed by atoms with Gasteiger partial charge in [0.05, 0.1) is 10.0 Å². The molecular weight excluding hydrogens is 469 g/mol. The van der Waals surface area contributed by atoms with Crippen LogP contribution in [0.2, 0.25) is 15.1 Å². The average molecular weight is 483 g/mol. The first-order chi connectivity index (χ1) is 14.6. The van der Waals surface area contributed by atoms with Gasteiger partial charge in [0.15, 0.2) is 12.4 Å². The summed E-state index contributed by atoms with van der Waals surface area (Å²) in [5.41, 5.74) is 1.40. The van der Waals surface area contributed by atoms with E-state index in [2.05, 4.69) is 5.32 Å². The highest BCUT2D eigenvalue weighted by atomic mass is 35.5. The molecule has 0 unspecified atom stereocenters. The lowest BCUT2D eigenvalue weighted by Gasteiger charge is -2.14. The van der Waals surface area contributed by atoms with Gasteiger partial charge in [-0.15, -0.1) is 0 Å². The Balaban J connectivity index is 1.70. The van der Waals surface area contributed by atoms with E-state index in [9.17, 15) is 19.2 Å². The van der Waals surface area contributed by atoms with Crippen LogP contribution in [0.5, 0.6) is 5.75 Å². The molecule has 2 aromatic carbocycles. The molecule has 5 amide bonds. The molecule has 0 atom stereocenters. The van der Waals surface area contributed by atoms with Gasteiger partial charge in [0.2, 0.25) is 0 Å². The van der Waals surface area contributed by atoms with Crippen LogP contribution in [0, 0.1) is 6.92 Å². The zero-order valence-corrected chi connectivity index (χ0v) is 18.1. The first-order valence-corrected chi connectivity index (χ1v) is 9.83. The molecule has 160 valence electrons. The second kappa shape index (κ2) is 9.38. The van der Waals surface area contributed by atoms with Crippen LogP contribution in [0.3, 0.4) is 0 Å². The van der Waals surface area contributed by atoms with E-state index in [0.717, 1.165) is 5.56 Å². The van der Waals surface area contributed by atoms with Crippen molar-refractivity contribution in [3.8, 4) is 5.75 Å². The molecule has 2 aromatic rings. The standard InChI is InChI=1S/C20H14Cl3N3O5/c1-9-2-3-11(7-13(9)21)24-16(27)8-31-17-14(22)5-10(6-15(17)23)4-12-18(28)25-20(30)26-19(12)29/h2-7H,8H2,1H3,(H,24,27)(H2,25,26,28,29,30). The summed E-state index contributed by atoms with van der Waals surface area (Å²) < 4.78 is 5.42. The fraction of sp³-hybridized carbons (Fsp3) is 0.100. The summed E-state index contributed by atoms with van der Waals surface area (Å²) in [7, 11) is 0. The average Bonchev–Trinajstić information content (AvgIpc) is 2.67. The quantitative estimate of drug-likeness (QED) is 0.444. The molecule has 0 saturated carbocycles. The van der Waals surface area contributed by atoms with E-state index in [0.29, 0.717) is 16.3 Å². The van der Waals surface area contributed by atoms with Gasteiger partial charge in [-0.05, 0) is 48.4 Å². The summed E-state index contributed by atoms with van der Waals surface area (Å²) in [4.78, 5) is 46.9. The third-order valence-corrected chi connectivity index (χ3v) is 5.05. The van der Waals surface area contributed by atoms with E-state index in [4.69, 9.17) is 39.5 Å². The Bertz CT molecular complexity index is 1100. The molecule has 1 heterocycles. The SMILES string of the molecule is Cc1ccc(NC(=O)COc2c(Cl)cc(C=C3C(=O)NC(=O)NC3=O)cc2Cl)cc1Cl. The molecule has 1 saturated heterocycles. The van der Waals surface area contributed by atoms with E-state index < -0.39 is 23.8 Å². The number of amides is 5. The number of rotatable bonds is 5. The van der Waals surface area contributed by atoms with Crippen LogP contribution < -0.4 is 20.7 Å². The number of benzene rings is 2. The maximum absolute atomic E-state index is 12.1. The predicted molar refractivity (Wildman–Crippen MR) is 116 cm³/mol. The summed E-state index contributed by atoms with van der Waals surface area (Å²) in [5.74, 6) is -2.11. The van der Waals surface area contributed by atoms with Crippen molar-refractivity contribution < 1.29 is 23.9 Å². The molecule has 1 fully saturated rings. The largest absolute Gasteiger partial charge is 0.481 e. The monoisotopic (exact) mass is 481 g/mol. The number of aryl methyl sites for hydroxylation is 1. The van der Waals surface area contributed by atoms with Gasteiger partial charge in [-0.3, -0.25) is 25.0 Å². The number of hydrogen-bond donors (Lipinski definition) is 3. The number of nitrogens with one attached hydrogen (secondary N) is 3. The number of ether oxygens (including phenoxy) is 1. The van der Waals surface area contributed by atoms with Gasteiger partial charge in [0.1, 0.15) is 5.57 Å². The molecule has 3 N–H and O–H groups in total. The van der Waals surface area contributed by atoms with Crippen LogP contribution in [0.4, 0.5) is 10.5 Å². The molecular formula is C20H14Cl3N3O5. The van der Waals surface area contributed by atoms with Crippen molar-refractivity contribution in [2.75, 3.05) is 11.9 Å². The second-order valence-electron chi connectivity index (χ2n) is 6.41. The van der Waals surface area contributed by atoms with Gasteiger partial charge >= 0.3 is 6.03 Å². The van der Waals surface area contributed by atoms with Crippen LogP contribution in [0.15, 0.2) is 35.9 Å². The Morgan fingerprint density at radius 2 is 1.61 bits per heavy atom. The topological polar surface area (TPSA) is 114 Å². The van der Waals surface area contributed by atoms with Gasteiger partial charge in [0, 0.05) is 10.7 Å². The molecule has 11 heteroatoms. The Hall–Kier alpha value is -3.07. The summed E-state index contributed by atoms with van der Waals surface area (Å²) in [6.45, 7) is 1.46. The van der Waals surface area contributed by atoms with Crippen LogP contribution in [-0.2, 0) is 14.4 Å². The Labute approximate surface area is 191 Å². The molecule has 3 rings (SSSR count). The van der Waals surface area contributed by atoms with Crippen molar-refractivity contribution in [3.63, 3.8) is 0 Å². The van der Waals surface area contributed by atoms with Crippen molar-refractivity contribution in [1.29, 1.82) is 0 Å². The molecule has 0 aliphatic carbocycles. The fourth-order valence-electron chi connectivity index (χ4n) is 2.58. The Morgan fingerprint density at radius 3 is 2.19 bits per heavy atom. The van der Waals surface area contributed by atoms with E-state index in [-0.39, 0.29) is 28.0 Å². The lowest BCUT2D eigenvalue weighted by molar-refractivity contribution is -0.124. The van der Waals surface area contributed by atoms with Crippen molar-refractivity contribution in [2.45, 2.75) is 6.92 Å². The fourth-order valence-corrected chi connectivity index (χ4v) is 3.37. The van der Waals surface area contributed by atoms with Crippen LogP contribution in [-0.4, -0.2) is 30.4 Å². The molecule has 8 nitrogen and oxygen atoms in total. The summed E-state index contributed by atoms with van der Waals surface area (Å²) in [6, 6.07) is 6.96. The highest BCUT2D eigenvalue weighted by Crippen LogP contribution is 2.35. The minimum absolute atomic E-state index is 0.0512. The minimum Gasteiger partial charge on any atom is -0.481 e. The summed E-state index contributed by atoms with van der Waals surface area (Å²) in [6.07, 6.45) is 1.21. The first kappa shape index (κ1) is 22.6. The van der Waals surface area contributed by atoms with Crippen molar-refractivity contribution in [3.05, 3.63) is 62.1 Å². The number of urea groups is 1.